The van der Waals surface area contributed by atoms with E-state index in [0.29, 0.717) is 33.7 Å². The Bertz CT molecular complexity index is 1190. The molecule has 2 unspecified atom stereocenters. The van der Waals surface area contributed by atoms with Gasteiger partial charge in [-0.3, -0.25) is 14.6 Å². The Morgan fingerprint density at radius 1 is 1.20 bits per heavy atom. The summed E-state index contributed by atoms with van der Waals surface area (Å²) in [5.74, 6) is -0.211. The molecule has 0 amide bonds. The SMILES string of the molecule is Cc1ccc(CCC2C=Nc3c(sc4cnn(C5CCCCO5)c(=O)c34)C2=O)cc1. The number of Topliss-reactive ketones (excluding diaryl/α,β-unsaturated/α-hetero) is 1. The number of rotatable bonds is 4. The lowest BCUT2D eigenvalue weighted by Gasteiger charge is -2.23. The van der Waals surface area contributed by atoms with Gasteiger partial charge in [0.25, 0.3) is 5.56 Å². The first-order chi connectivity index (χ1) is 14.6. The monoisotopic (exact) mass is 421 g/mol. The molecule has 1 fully saturated rings. The average molecular weight is 422 g/mol. The molecule has 0 saturated carbocycles. The van der Waals surface area contributed by atoms with E-state index in [0.717, 1.165) is 25.7 Å². The number of benzene rings is 1. The number of hydrogen-bond donors (Lipinski definition) is 0. The first kappa shape index (κ1) is 19.3. The van der Waals surface area contributed by atoms with Crippen LogP contribution in [0.1, 0.15) is 52.7 Å². The van der Waals surface area contributed by atoms with E-state index in [4.69, 9.17) is 4.74 Å². The van der Waals surface area contributed by atoms with Crippen molar-refractivity contribution >= 4 is 39.1 Å². The van der Waals surface area contributed by atoms with Gasteiger partial charge in [0.2, 0.25) is 0 Å². The lowest BCUT2D eigenvalue weighted by atomic mass is 9.93. The van der Waals surface area contributed by atoms with Crippen molar-refractivity contribution in [2.75, 3.05) is 6.61 Å². The number of aromatic nitrogens is 2. The van der Waals surface area contributed by atoms with Crippen molar-refractivity contribution in [2.24, 2.45) is 10.9 Å². The van der Waals surface area contributed by atoms with Crippen molar-refractivity contribution in [3.63, 3.8) is 0 Å². The van der Waals surface area contributed by atoms with Gasteiger partial charge in [-0.15, -0.1) is 11.3 Å². The number of fused-ring (bicyclic) bond motifs is 3. The minimum atomic E-state index is -0.336. The van der Waals surface area contributed by atoms with E-state index < -0.39 is 0 Å². The molecule has 3 aromatic rings. The molecule has 4 heterocycles. The Labute approximate surface area is 178 Å². The molecule has 2 aliphatic rings. The molecule has 5 rings (SSSR count). The summed E-state index contributed by atoms with van der Waals surface area (Å²) in [6.45, 7) is 2.70. The Morgan fingerprint density at radius 3 is 2.80 bits per heavy atom. The molecule has 6 nitrogen and oxygen atoms in total. The number of nitrogens with zero attached hydrogens (tertiary/aromatic N) is 3. The van der Waals surface area contributed by atoms with Crippen molar-refractivity contribution in [3.8, 4) is 0 Å². The van der Waals surface area contributed by atoms with Crippen LogP contribution in [0.15, 0.2) is 40.2 Å². The Balaban J connectivity index is 1.43. The number of carbonyl (C=O) groups is 1. The van der Waals surface area contributed by atoms with Crippen LogP contribution >= 0.6 is 11.3 Å². The standard InChI is InChI=1S/C23H23N3O3S/c1-14-5-7-15(8-6-14)9-10-16-12-24-20-19-17(30-22(20)21(16)27)13-25-26(23(19)28)18-4-2-3-11-29-18/h5-8,12-13,16,18H,2-4,9-11H2,1H3. The smallest absolute Gasteiger partial charge is 0.280 e. The number of ether oxygens (including phenoxy) is 1. The number of ketones is 1. The zero-order valence-electron chi connectivity index (χ0n) is 16.8. The number of thiophene rings is 1. The van der Waals surface area contributed by atoms with Crippen LogP contribution in [0.25, 0.3) is 10.1 Å². The molecule has 1 saturated heterocycles. The van der Waals surface area contributed by atoms with Crippen LogP contribution in [-0.2, 0) is 11.2 Å². The lowest BCUT2D eigenvalue weighted by Crippen LogP contribution is -2.30. The molecule has 0 radical (unpaired) electrons. The van der Waals surface area contributed by atoms with Gasteiger partial charge in [0, 0.05) is 12.8 Å². The normalized spacial score (nSPS) is 21.2. The van der Waals surface area contributed by atoms with Gasteiger partial charge < -0.3 is 4.74 Å². The largest absolute Gasteiger partial charge is 0.356 e. The number of hydrogen-bond acceptors (Lipinski definition) is 6. The summed E-state index contributed by atoms with van der Waals surface area (Å²) in [7, 11) is 0. The van der Waals surface area contributed by atoms with Crippen LogP contribution in [0, 0.1) is 12.8 Å². The number of aliphatic imine (C=N–C) groups is 1. The molecule has 154 valence electrons. The highest BCUT2D eigenvalue weighted by molar-refractivity contribution is 7.21. The fourth-order valence-corrected chi connectivity index (χ4v) is 5.22. The molecule has 1 aromatic carbocycles. The third-order valence-electron chi connectivity index (χ3n) is 5.87. The molecule has 2 atom stereocenters. The Kier molecular flexibility index (Phi) is 5.08. The summed E-state index contributed by atoms with van der Waals surface area (Å²) in [6.07, 6.45) is 7.36. The van der Waals surface area contributed by atoms with Crippen molar-refractivity contribution in [1.29, 1.82) is 0 Å². The third-order valence-corrected chi connectivity index (χ3v) is 7.00. The fraction of sp³-hybridized carbons (Fsp3) is 0.391. The van der Waals surface area contributed by atoms with Crippen LogP contribution in [-0.4, -0.2) is 28.4 Å². The molecule has 7 heteroatoms. The van der Waals surface area contributed by atoms with Crippen molar-refractivity contribution in [2.45, 2.75) is 45.3 Å². The third kappa shape index (κ3) is 3.42. The molecule has 0 spiro atoms. The summed E-state index contributed by atoms with van der Waals surface area (Å²) in [5.41, 5.74) is 2.72. The van der Waals surface area contributed by atoms with Gasteiger partial charge in [-0.05, 0) is 44.6 Å². The second kappa shape index (κ2) is 7.89. The van der Waals surface area contributed by atoms with Crippen LogP contribution in [0.4, 0.5) is 5.69 Å². The van der Waals surface area contributed by atoms with Crippen LogP contribution in [0.2, 0.25) is 0 Å². The van der Waals surface area contributed by atoms with Gasteiger partial charge >= 0.3 is 0 Å². The van der Waals surface area contributed by atoms with E-state index in [2.05, 4.69) is 41.3 Å². The molecular weight excluding hydrogens is 398 g/mol. The highest BCUT2D eigenvalue weighted by Gasteiger charge is 2.30. The first-order valence-corrected chi connectivity index (χ1v) is 11.2. The maximum absolute atomic E-state index is 13.1. The van der Waals surface area contributed by atoms with E-state index in [1.165, 1.54) is 27.1 Å². The van der Waals surface area contributed by atoms with E-state index in [9.17, 15) is 9.59 Å². The maximum atomic E-state index is 13.1. The van der Waals surface area contributed by atoms with Crippen molar-refractivity contribution < 1.29 is 9.53 Å². The van der Waals surface area contributed by atoms with Gasteiger partial charge in [-0.2, -0.15) is 5.10 Å². The molecular formula is C23H23N3O3S. The zero-order valence-corrected chi connectivity index (χ0v) is 17.7. The number of carbonyl (C=O) groups excluding carboxylic acids is 1. The van der Waals surface area contributed by atoms with E-state index >= 15 is 0 Å². The Morgan fingerprint density at radius 2 is 2.03 bits per heavy atom. The summed E-state index contributed by atoms with van der Waals surface area (Å²) >= 11 is 1.32. The minimum Gasteiger partial charge on any atom is -0.356 e. The molecule has 30 heavy (non-hydrogen) atoms. The maximum Gasteiger partial charge on any atom is 0.280 e. The highest BCUT2D eigenvalue weighted by Crippen LogP contribution is 2.40. The molecule has 0 bridgehead atoms. The summed E-state index contributed by atoms with van der Waals surface area (Å²) in [4.78, 5) is 31.4. The van der Waals surface area contributed by atoms with Crippen LogP contribution in [0.3, 0.4) is 0 Å². The van der Waals surface area contributed by atoms with E-state index in [1.807, 2.05) is 0 Å². The van der Waals surface area contributed by atoms with Crippen LogP contribution in [0.5, 0.6) is 0 Å². The highest BCUT2D eigenvalue weighted by atomic mass is 32.1. The summed E-state index contributed by atoms with van der Waals surface area (Å²) in [5, 5.41) is 4.81. The number of aryl methyl sites for hydroxylation is 2. The predicted molar refractivity (Wildman–Crippen MR) is 118 cm³/mol. The van der Waals surface area contributed by atoms with Gasteiger partial charge in [0.15, 0.2) is 12.0 Å². The summed E-state index contributed by atoms with van der Waals surface area (Å²) < 4.78 is 7.86. The molecule has 0 aliphatic carbocycles. The van der Waals surface area contributed by atoms with Crippen LogP contribution < -0.4 is 5.56 Å². The van der Waals surface area contributed by atoms with E-state index in [-0.39, 0.29) is 23.5 Å². The van der Waals surface area contributed by atoms with Gasteiger partial charge in [0.1, 0.15) is 0 Å². The first-order valence-electron chi connectivity index (χ1n) is 10.4. The van der Waals surface area contributed by atoms with E-state index in [1.54, 1.807) is 12.4 Å². The second-order valence-electron chi connectivity index (χ2n) is 8.01. The molecule has 0 N–H and O–H groups in total. The predicted octanol–water partition coefficient (Wildman–Crippen LogP) is 4.61. The quantitative estimate of drug-likeness (QED) is 0.616. The minimum absolute atomic E-state index is 0.0492. The topological polar surface area (TPSA) is 73.5 Å². The Hall–Kier alpha value is -2.64. The summed E-state index contributed by atoms with van der Waals surface area (Å²) in [6, 6.07) is 8.38. The molecule has 2 aliphatic heterocycles. The van der Waals surface area contributed by atoms with Gasteiger partial charge in [-0.1, -0.05) is 29.8 Å². The lowest BCUT2D eigenvalue weighted by molar-refractivity contribution is -0.0420. The zero-order chi connectivity index (χ0) is 20.7. The van der Waals surface area contributed by atoms with Crippen molar-refractivity contribution in [1.82, 2.24) is 9.78 Å². The van der Waals surface area contributed by atoms with Crippen molar-refractivity contribution in [3.05, 3.63) is 56.8 Å². The van der Waals surface area contributed by atoms with Gasteiger partial charge in [0.05, 0.1) is 32.8 Å². The second-order valence-corrected chi connectivity index (χ2v) is 9.06. The average Bonchev–Trinajstić information content (AvgIpc) is 3.16. The van der Waals surface area contributed by atoms with Gasteiger partial charge in [-0.25, -0.2) is 4.68 Å². The fourth-order valence-electron chi connectivity index (χ4n) is 4.11. The molecule has 2 aromatic heterocycles.